The number of aromatic nitrogens is 2. The molecular weight excluding hydrogens is 278 g/mol. The highest BCUT2D eigenvalue weighted by molar-refractivity contribution is 6.32. The van der Waals surface area contributed by atoms with Crippen molar-refractivity contribution in [1.82, 2.24) is 9.97 Å². The third-order valence-corrected chi connectivity index (χ3v) is 2.61. The van der Waals surface area contributed by atoms with Crippen molar-refractivity contribution in [2.75, 3.05) is 0 Å². The van der Waals surface area contributed by atoms with E-state index in [0.29, 0.717) is 16.7 Å². The van der Waals surface area contributed by atoms with Crippen LogP contribution in [0.4, 0.5) is 4.39 Å². The standard InChI is InChI=1S/C12H9Cl2FN2O/c1-7-4-11(14)17-12(16-7)6-18-10-3-2-8(15)5-9(10)13/h2-5H,6H2,1H3. The highest BCUT2D eigenvalue weighted by atomic mass is 35.5. The van der Waals surface area contributed by atoms with E-state index in [9.17, 15) is 4.39 Å². The number of hydrogen-bond acceptors (Lipinski definition) is 3. The molecule has 2 aromatic rings. The number of rotatable bonds is 3. The van der Waals surface area contributed by atoms with E-state index >= 15 is 0 Å². The van der Waals surface area contributed by atoms with Crippen molar-refractivity contribution in [1.29, 1.82) is 0 Å². The van der Waals surface area contributed by atoms with E-state index in [1.54, 1.807) is 6.07 Å². The zero-order valence-electron chi connectivity index (χ0n) is 9.45. The summed E-state index contributed by atoms with van der Waals surface area (Å²) in [5.41, 5.74) is 0.749. The summed E-state index contributed by atoms with van der Waals surface area (Å²) in [5.74, 6) is 0.405. The van der Waals surface area contributed by atoms with Gasteiger partial charge in [0.2, 0.25) is 0 Å². The van der Waals surface area contributed by atoms with Gasteiger partial charge in [-0.2, -0.15) is 0 Å². The van der Waals surface area contributed by atoms with Gasteiger partial charge < -0.3 is 4.74 Å². The molecule has 0 aliphatic rings. The first-order chi connectivity index (χ1) is 8.54. The fraction of sp³-hybridized carbons (Fsp3) is 0.167. The van der Waals surface area contributed by atoms with Crippen LogP contribution in [0.25, 0.3) is 0 Å². The van der Waals surface area contributed by atoms with Gasteiger partial charge in [-0.05, 0) is 31.2 Å². The number of halogens is 3. The van der Waals surface area contributed by atoms with Gasteiger partial charge in [0, 0.05) is 5.69 Å². The lowest BCUT2D eigenvalue weighted by Crippen LogP contribution is -2.03. The molecule has 0 aliphatic carbocycles. The quantitative estimate of drug-likeness (QED) is 0.805. The van der Waals surface area contributed by atoms with Crippen molar-refractivity contribution in [3.05, 3.63) is 51.8 Å². The molecule has 0 spiro atoms. The van der Waals surface area contributed by atoms with Crippen LogP contribution >= 0.6 is 23.2 Å². The van der Waals surface area contributed by atoms with Crippen molar-refractivity contribution in [2.24, 2.45) is 0 Å². The summed E-state index contributed by atoms with van der Waals surface area (Å²) in [5, 5.41) is 0.556. The van der Waals surface area contributed by atoms with Crippen molar-refractivity contribution in [3.63, 3.8) is 0 Å². The molecule has 94 valence electrons. The zero-order valence-corrected chi connectivity index (χ0v) is 11.0. The van der Waals surface area contributed by atoms with Crippen molar-refractivity contribution >= 4 is 23.2 Å². The van der Waals surface area contributed by atoms with Crippen LogP contribution in [-0.2, 0) is 6.61 Å². The summed E-state index contributed by atoms with van der Waals surface area (Å²) in [6, 6.07) is 5.55. The minimum atomic E-state index is -0.415. The molecule has 1 aromatic heterocycles. The van der Waals surface area contributed by atoms with Crippen LogP contribution in [0.2, 0.25) is 10.2 Å². The maximum atomic E-state index is 12.8. The predicted molar refractivity (Wildman–Crippen MR) is 67.5 cm³/mol. The number of ether oxygens (including phenoxy) is 1. The van der Waals surface area contributed by atoms with Crippen LogP contribution in [-0.4, -0.2) is 9.97 Å². The Labute approximate surface area is 114 Å². The van der Waals surface area contributed by atoms with Gasteiger partial charge >= 0.3 is 0 Å². The van der Waals surface area contributed by atoms with Gasteiger partial charge in [0.15, 0.2) is 5.82 Å². The zero-order chi connectivity index (χ0) is 13.1. The van der Waals surface area contributed by atoms with Crippen LogP contribution in [0.5, 0.6) is 5.75 Å². The molecule has 1 heterocycles. The van der Waals surface area contributed by atoms with Crippen molar-refractivity contribution in [3.8, 4) is 5.75 Å². The Balaban J connectivity index is 2.11. The molecule has 6 heteroatoms. The first kappa shape index (κ1) is 13.1. The second-order valence-corrected chi connectivity index (χ2v) is 4.41. The van der Waals surface area contributed by atoms with Gasteiger partial charge in [0.1, 0.15) is 23.3 Å². The second-order valence-electron chi connectivity index (χ2n) is 3.61. The molecule has 0 radical (unpaired) electrons. The fourth-order valence-corrected chi connectivity index (χ4v) is 1.87. The molecular formula is C12H9Cl2FN2O. The first-order valence-electron chi connectivity index (χ1n) is 5.12. The van der Waals surface area contributed by atoms with E-state index in [1.807, 2.05) is 6.92 Å². The summed E-state index contributed by atoms with van der Waals surface area (Å²) < 4.78 is 18.2. The highest BCUT2D eigenvalue weighted by Gasteiger charge is 2.06. The Hall–Kier alpha value is -1.39. The second kappa shape index (κ2) is 5.50. The number of benzene rings is 1. The Morgan fingerprint density at radius 3 is 2.67 bits per heavy atom. The lowest BCUT2D eigenvalue weighted by atomic mass is 10.3. The van der Waals surface area contributed by atoms with Gasteiger partial charge in [0.05, 0.1) is 5.02 Å². The minimum absolute atomic E-state index is 0.118. The Kier molecular flexibility index (Phi) is 3.99. The normalized spacial score (nSPS) is 10.4. The van der Waals surface area contributed by atoms with E-state index in [-0.39, 0.29) is 11.6 Å². The molecule has 0 bridgehead atoms. The van der Waals surface area contributed by atoms with Crippen molar-refractivity contribution < 1.29 is 9.13 Å². The summed E-state index contributed by atoms with van der Waals surface area (Å²) in [7, 11) is 0. The third kappa shape index (κ3) is 3.31. The number of nitrogens with zero attached hydrogens (tertiary/aromatic N) is 2. The van der Waals surface area contributed by atoms with E-state index in [4.69, 9.17) is 27.9 Å². The van der Waals surface area contributed by atoms with Crippen LogP contribution in [0.1, 0.15) is 11.5 Å². The van der Waals surface area contributed by atoms with E-state index in [1.165, 1.54) is 18.2 Å². The van der Waals surface area contributed by atoms with E-state index in [0.717, 1.165) is 5.69 Å². The molecule has 0 unspecified atom stereocenters. The van der Waals surface area contributed by atoms with Gasteiger partial charge in [-0.15, -0.1) is 0 Å². The molecule has 0 atom stereocenters. The van der Waals surface area contributed by atoms with Crippen LogP contribution in [0, 0.1) is 12.7 Å². The molecule has 0 amide bonds. The van der Waals surface area contributed by atoms with Crippen LogP contribution in [0.15, 0.2) is 24.3 Å². The molecule has 0 fully saturated rings. The summed E-state index contributed by atoms with van der Waals surface area (Å²) >= 11 is 11.6. The average Bonchev–Trinajstić information content (AvgIpc) is 2.26. The topological polar surface area (TPSA) is 35.0 Å². The Morgan fingerprint density at radius 1 is 1.22 bits per heavy atom. The van der Waals surface area contributed by atoms with Gasteiger partial charge in [-0.3, -0.25) is 0 Å². The Morgan fingerprint density at radius 2 is 2.00 bits per heavy atom. The molecule has 2 rings (SSSR count). The number of hydrogen-bond donors (Lipinski definition) is 0. The predicted octanol–water partition coefficient (Wildman–Crippen LogP) is 3.81. The fourth-order valence-electron chi connectivity index (χ4n) is 1.39. The average molecular weight is 287 g/mol. The molecule has 0 saturated heterocycles. The monoisotopic (exact) mass is 286 g/mol. The molecule has 18 heavy (non-hydrogen) atoms. The van der Waals surface area contributed by atoms with Gasteiger partial charge in [-0.25, -0.2) is 14.4 Å². The first-order valence-corrected chi connectivity index (χ1v) is 5.88. The molecule has 0 aliphatic heterocycles. The minimum Gasteiger partial charge on any atom is -0.484 e. The van der Waals surface area contributed by atoms with E-state index in [2.05, 4.69) is 9.97 Å². The molecule has 3 nitrogen and oxygen atoms in total. The third-order valence-electron chi connectivity index (χ3n) is 2.12. The SMILES string of the molecule is Cc1cc(Cl)nc(COc2ccc(F)cc2Cl)n1. The van der Waals surface area contributed by atoms with Crippen molar-refractivity contribution in [2.45, 2.75) is 13.5 Å². The molecule has 0 N–H and O–H groups in total. The van der Waals surface area contributed by atoms with Gasteiger partial charge in [-0.1, -0.05) is 23.2 Å². The lowest BCUT2D eigenvalue weighted by molar-refractivity contribution is 0.295. The lowest BCUT2D eigenvalue weighted by Gasteiger charge is -2.07. The summed E-state index contributed by atoms with van der Waals surface area (Å²) in [6.45, 7) is 1.93. The smallest absolute Gasteiger partial charge is 0.167 e. The summed E-state index contributed by atoms with van der Waals surface area (Å²) in [6.07, 6.45) is 0. The largest absolute Gasteiger partial charge is 0.484 e. The molecule has 0 saturated carbocycles. The van der Waals surface area contributed by atoms with Crippen LogP contribution in [0.3, 0.4) is 0 Å². The highest BCUT2D eigenvalue weighted by Crippen LogP contribution is 2.25. The number of aryl methyl sites for hydroxylation is 1. The molecule has 1 aromatic carbocycles. The van der Waals surface area contributed by atoms with Crippen LogP contribution < -0.4 is 4.74 Å². The maximum Gasteiger partial charge on any atom is 0.167 e. The van der Waals surface area contributed by atoms with Gasteiger partial charge in [0.25, 0.3) is 0 Å². The summed E-state index contributed by atoms with van der Waals surface area (Å²) in [4.78, 5) is 8.17. The maximum absolute atomic E-state index is 12.8. The van der Waals surface area contributed by atoms with E-state index < -0.39 is 5.82 Å². The Bertz CT molecular complexity index is 558.